The summed E-state index contributed by atoms with van der Waals surface area (Å²) in [5.74, 6) is 0.891. The Bertz CT molecular complexity index is 863. The average Bonchev–Trinajstić information content (AvgIpc) is 3.11. The smallest absolute Gasteiger partial charge is 0.131 e. The fourth-order valence-corrected chi connectivity index (χ4v) is 4.14. The number of thiazole rings is 1. The van der Waals surface area contributed by atoms with Crippen molar-refractivity contribution in [2.75, 3.05) is 0 Å². The maximum absolute atomic E-state index is 5.83. The second-order valence-electron chi connectivity index (χ2n) is 6.82. The van der Waals surface area contributed by atoms with Crippen molar-refractivity contribution in [1.29, 1.82) is 0 Å². The molecule has 1 aliphatic carbocycles. The van der Waals surface area contributed by atoms with Crippen LogP contribution in [0.5, 0.6) is 5.75 Å². The standard InChI is InChI=1S/C22H24N2OS.ClH/c1-16-24-19(15-26-16)14-25-20-11-9-17(10-12-20)13-23-22-8-4-6-18-5-2-3-7-21(18)22;/h2-3,5,7,9-12,15,22-23H,4,6,8,13-14H2,1H3;1H. The highest BCUT2D eigenvalue weighted by molar-refractivity contribution is 7.09. The van der Waals surface area contributed by atoms with Gasteiger partial charge in [0, 0.05) is 18.0 Å². The Kier molecular flexibility index (Phi) is 6.89. The normalized spacial score (nSPS) is 15.7. The van der Waals surface area contributed by atoms with Crippen LogP contribution in [0.2, 0.25) is 0 Å². The third kappa shape index (κ3) is 5.10. The first kappa shape index (κ1) is 19.9. The number of halogens is 1. The van der Waals surface area contributed by atoms with E-state index in [1.165, 1.54) is 36.0 Å². The lowest BCUT2D eigenvalue weighted by Crippen LogP contribution is -2.24. The predicted octanol–water partition coefficient (Wildman–Crippen LogP) is 5.62. The highest BCUT2D eigenvalue weighted by Gasteiger charge is 2.18. The molecule has 142 valence electrons. The summed E-state index contributed by atoms with van der Waals surface area (Å²) in [6.45, 7) is 3.42. The minimum Gasteiger partial charge on any atom is -0.487 e. The van der Waals surface area contributed by atoms with Gasteiger partial charge in [-0.1, -0.05) is 36.4 Å². The van der Waals surface area contributed by atoms with E-state index in [0.29, 0.717) is 12.6 Å². The van der Waals surface area contributed by atoms with Crippen LogP contribution in [0.1, 0.15) is 46.3 Å². The van der Waals surface area contributed by atoms with Crippen molar-refractivity contribution in [1.82, 2.24) is 10.3 Å². The zero-order valence-electron chi connectivity index (χ0n) is 15.5. The predicted molar refractivity (Wildman–Crippen MR) is 114 cm³/mol. The summed E-state index contributed by atoms with van der Waals surface area (Å²) in [5.41, 5.74) is 5.24. The number of aryl methyl sites for hydroxylation is 2. The van der Waals surface area contributed by atoms with Gasteiger partial charge in [0.15, 0.2) is 0 Å². The molecule has 0 spiro atoms. The molecule has 1 N–H and O–H groups in total. The van der Waals surface area contributed by atoms with Gasteiger partial charge in [0.2, 0.25) is 0 Å². The Hall–Kier alpha value is -1.88. The summed E-state index contributed by atoms with van der Waals surface area (Å²) in [4.78, 5) is 4.43. The molecular formula is C22H25ClN2OS. The molecular weight excluding hydrogens is 376 g/mol. The fourth-order valence-electron chi connectivity index (χ4n) is 3.54. The van der Waals surface area contributed by atoms with Gasteiger partial charge in [-0.25, -0.2) is 4.98 Å². The maximum atomic E-state index is 5.83. The average molecular weight is 401 g/mol. The summed E-state index contributed by atoms with van der Waals surface area (Å²) in [6, 6.07) is 17.7. The number of benzene rings is 2. The van der Waals surface area contributed by atoms with Crippen molar-refractivity contribution in [3.05, 3.63) is 81.3 Å². The number of hydrogen-bond acceptors (Lipinski definition) is 4. The minimum absolute atomic E-state index is 0. The molecule has 1 aromatic heterocycles. The molecule has 0 amide bonds. The van der Waals surface area contributed by atoms with Gasteiger partial charge in [-0.3, -0.25) is 0 Å². The van der Waals surface area contributed by atoms with Crippen LogP contribution in [0.3, 0.4) is 0 Å². The molecule has 3 nitrogen and oxygen atoms in total. The first-order valence-electron chi connectivity index (χ1n) is 9.22. The van der Waals surface area contributed by atoms with E-state index in [4.69, 9.17) is 4.74 Å². The fraction of sp³-hybridized carbons (Fsp3) is 0.318. The van der Waals surface area contributed by atoms with E-state index in [9.17, 15) is 0 Å². The van der Waals surface area contributed by atoms with E-state index in [-0.39, 0.29) is 12.4 Å². The number of ether oxygens (including phenoxy) is 1. The van der Waals surface area contributed by atoms with Gasteiger partial charge in [0.25, 0.3) is 0 Å². The number of fused-ring (bicyclic) bond motifs is 1. The van der Waals surface area contributed by atoms with E-state index in [2.05, 4.69) is 52.1 Å². The Labute approximate surface area is 171 Å². The Morgan fingerprint density at radius 1 is 1.15 bits per heavy atom. The van der Waals surface area contributed by atoms with Gasteiger partial charge >= 0.3 is 0 Å². The van der Waals surface area contributed by atoms with E-state index in [0.717, 1.165) is 23.0 Å². The molecule has 0 fully saturated rings. The Morgan fingerprint density at radius 3 is 2.74 bits per heavy atom. The largest absolute Gasteiger partial charge is 0.487 e. The summed E-state index contributed by atoms with van der Waals surface area (Å²) in [6.07, 6.45) is 3.68. The van der Waals surface area contributed by atoms with Crippen molar-refractivity contribution in [3.8, 4) is 5.75 Å². The molecule has 5 heteroatoms. The van der Waals surface area contributed by atoms with Crippen LogP contribution in [0.25, 0.3) is 0 Å². The summed E-state index contributed by atoms with van der Waals surface area (Å²) < 4.78 is 5.83. The van der Waals surface area contributed by atoms with Crippen LogP contribution < -0.4 is 10.1 Å². The van der Waals surface area contributed by atoms with Crippen LogP contribution in [-0.4, -0.2) is 4.98 Å². The highest BCUT2D eigenvalue weighted by atomic mass is 35.5. The number of rotatable bonds is 6. The van der Waals surface area contributed by atoms with Crippen molar-refractivity contribution < 1.29 is 4.74 Å². The zero-order valence-corrected chi connectivity index (χ0v) is 17.1. The van der Waals surface area contributed by atoms with Crippen molar-refractivity contribution in [2.45, 2.75) is 45.4 Å². The molecule has 1 aliphatic rings. The van der Waals surface area contributed by atoms with E-state index in [1.807, 2.05) is 19.1 Å². The molecule has 4 rings (SSSR count). The zero-order chi connectivity index (χ0) is 17.8. The van der Waals surface area contributed by atoms with Crippen molar-refractivity contribution in [2.24, 2.45) is 0 Å². The van der Waals surface area contributed by atoms with Gasteiger partial charge in [-0.2, -0.15) is 0 Å². The summed E-state index contributed by atoms with van der Waals surface area (Å²) in [5, 5.41) is 6.85. The molecule has 0 radical (unpaired) electrons. The first-order chi connectivity index (χ1) is 12.8. The lowest BCUT2D eigenvalue weighted by molar-refractivity contribution is 0.302. The topological polar surface area (TPSA) is 34.1 Å². The Morgan fingerprint density at radius 2 is 1.96 bits per heavy atom. The van der Waals surface area contributed by atoms with Gasteiger partial charge in [0.1, 0.15) is 12.4 Å². The lowest BCUT2D eigenvalue weighted by Gasteiger charge is -2.26. The van der Waals surface area contributed by atoms with Gasteiger partial charge in [-0.05, 0) is 55.0 Å². The number of nitrogens with one attached hydrogen (secondary N) is 1. The number of hydrogen-bond donors (Lipinski definition) is 1. The Balaban J connectivity index is 0.00000210. The van der Waals surface area contributed by atoms with Crippen molar-refractivity contribution >= 4 is 23.7 Å². The molecule has 0 saturated heterocycles. The maximum Gasteiger partial charge on any atom is 0.131 e. The third-order valence-electron chi connectivity index (χ3n) is 4.90. The van der Waals surface area contributed by atoms with Crippen LogP contribution in [0.15, 0.2) is 53.9 Å². The van der Waals surface area contributed by atoms with Crippen LogP contribution in [-0.2, 0) is 19.6 Å². The van der Waals surface area contributed by atoms with Crippen LogP contribution >= 0.6 is 23.7 Å². The molecule has 0 bridgehead atoms. The summed E-state index contributed by atoms with van der Waals surface area (Å²) >= 11 is 1.66. The van der Waals surface area contributed by atoms with E-state index >= 15 is 0 Å². The molecule has 27 heavy (non-hydrogen) atoms. The number of aromatic nitrogens is 1. The third-order valence-corrected chi connectivity index (χ3v) is 5.72. The van der Waals surface area contributed by atoms with Gasteiger partial charge < -0.3 is 10.1 Å². The molecule has 0 saturated carbocycles. The van der Waals surface area contributed by atoms with Crippen LogP contribution in [0, 0.1) is 6.92 Å². The number of nitrogens with zero attached hydrogens (tertiary/aromatic N) is 1. The summed E-state index contributed by atoms with van der Waals surface area (Å²) in [7, 11) is 0. The van der Waals surface area contributed by atoms with E-state index in [1.54, 1.807) is 11.3 Å². The minimum atomic E-state index is 0. The quantitative estimate of drug-likeness (QED) is 0.583. The van der Waals surface area contributed by atoms with Gasteiger partial charge in [-0.15, -0.1) is 23.7 Å². The van der Waals surface area contributed by atoms with Gasteiger partial charge in [0.05, 0.1) is 10.7 Å². The first-order valence-corrected chi connectivity index (χ1v) is 10.1. The molecule has 1 heterocycles. The second kappa shape index (κ2) is 9.36. The lowest BCUT2D eigenvalue weighted by atomic mass is 9.87. The molecule has 1 atom stereocenters. The van der Waals surface area contributed by atoms with Crippen molar-refractivity contribution in [3.63, 3.8) is 0 Å². The van der Waals surface area contributed by atoms with Crippen LogP contribution in [0.4, 0.5) is 0 Å². The van der Waals surface area contributed by atoms with E-state index < -0.39 is 0 Å². The monoisotopic (exact) mass is 400 g/mol. The SMILES string of the molecule is Cc1nc(COc2ccc(CNC3CCCc4ccccc43)cc2)cs1.Cl. The highest BCUT2D eigenvalue weighted by Crippen LogP contribution is 2.29. The molecule has 3 aromatic rings. The molecule has 2 aromatic carbocycles. The molecule has 0 aliphatic heterocycles. The molecule has 1 unspecified atom stereocenters. The second-order valence-corrected chi connectivity index (χ2v) is 7.88.